The summed E-state index contributed by atoms with van der Waals surface area (Å²) in [4.78, 5) is 2.82. The van der Waals surface area contributed by atoms with Gasteiger partial charge in [0, 0.05) is 14.1 Å². The van der Waals surface area contributed by atoms with Gasteiger partial charge >= 0.3 is 0 Å². The molecule has 0 rings (SSSR count). The molecule has 0 spiro atoms. The van der Waals surface area contributed by atoms with E-state index in [1.54, 1.807) is 0 Å². The van der Waals surface area contributed by atoms with Crippen molar-refractivity contribution in [1.29, 1.82) is 0 Å². The number of hydrazine groups is 1. The predicted molar refractivity (Wildman–Crippen MR) is 40.3 cm³/mol. The first-order valence-electron chi connectivity index (χ1n) is 2.16. The molecule has 0 aromatic heterocycles. The molecule has 4 heteroatoms. The Labute approximate surface area is 55.6 Å². The van der Waals surface area contributed by atoms with Crippen molar-refractivity contribution < 1.29 is 0 Å². The van der Waals surface area contributed by atoms with Gasteiger partial charge < -0.3 is 4.90 Å². The third-order valence-corrected chi connectivity index (χ3v) is 0.995. The molecule has 0 saturated heterocycles. The van der Waals surface area contributed by atoms with Crippen molar-refractivity contribution in [3.63, 3.8) is 0 Å². The second-order valence-electron chi connectivity index (χ2n) is 1.41. The molecule has 0 aliphatic carbocycles. The molecule has 0 radical (unpaired) electrons. The maximum absolute atomic E-state index is 4.75. The zero-order valence-corrected chi connectivity index (χ0v) is 6.33. The molecule has 4 N–H and O–H groups in total. The van der Waals surface area contributed by atoms with Crippen LogP contribution in [-0.2, 0) is 0 Å². The maximum Gasteiger partial charge on any atom is 0.0742 e. The van der Waals surface area contributed by atoms with Crippen LogP contribution in [0, 0.1) is 0 Å². The molecule has 0 aromatic carbocycles. The van der Waals surface area contributed by atoms with Crippen molar-refractivity contribution in [2.24, 2.45) is 11.7 Å². The Bertz CT molecular complexity index is 62.3. The Hall–Kier alpha value is -0.190. The largest absolute Gasteiger partial charge is 0.373 e. The smallest absolute Gasteiger partial charge is 0.0742 e. The highest BCUT2D eigenvalue weighted by molar-refractivity contribution is 7.80. The van der Waals surface area contributed by atoms with Gasteiger partial charge in [-0.05, 0) is 6.92 Å². The summed E-state index contributed by atoms with van der Waals surface area (Å²) in [7, 11) is 3.87. The van der Waals surface area contributed by atoms with Gasteiger partial charge in [0.1, 0.15) is 0 Å². The molecule has 0 saturated carbocycles. The molecule has 8 heavy (non-hydrogen) atoms. The van der Waals surface area contributed by atoms with Crippen molar-refractivity contribution in [3.05, 3.63) is 0 Å². The topological polar surface area (TPSA) is 55.3 Å². The molecule has 0 fully saturated rings. The molecule has 0 atom stereocenters. The lowest BCUT2D eigenvalue weighted by atomic mass is 10.7. The molecule has 0 heterocycles. The fourth-order valence-electron chi connectivity index (χ4n) is 0. The Morgan fingerprint density at radius 3 is 1.50 bits per heavy atom. The van der Waals surface area contributed by atoms with Crippen LogP contribution in [0.15, 0.2) is 0 Å². The molecule has 50 valence electrons. The standard InChI is InChI=1S/C4H9NS.H4N2/c1-4(6)5(2)3;1-2/h1-3H3;1-2H2. The lowest BCUT2D eigenvalue weighted by molar-refractivity contribution is 0.632. The summed E-state index contributed by atoms with van der Waals surface area (Å²) in [5.41, 5.74) is 0. The SMILES string of the molecule is CC(=S)N(C)C.NN. The first-order chi connectivity index (χ1) is 3.64. The molecule has 0 aliphatic heterocycles. The molecule has 0 unspecified atom stereocenters. The van der Waals surface area contributed by atoms with Crippen LogP contribution in [0.4, 0.5) is 0 Å². The van der Waals surface area contributed by atoms with Crippen LogP contribution in [0.25, 0.3) is 0 Å². The number of thiocarbonyl (C=S) groups is 1. The average molecular weight is 135 g/mol. The van der Waals surface area contributed by atoms with Gasteiger partial charge in [-0.25, -0.2) is 0 Å². The third-order valence-electron chi connectivity index (χ3n) is 0.630. The van der Waals surface area contributed by atoms with E-state index >= 15 is 0 Å². The second-order valence-corrected chi connectivity index (χ2v) is 2.00. The Morgan fingerprint density at radius 2 is 1.50 bits per heavy atom. The van der Waals surface area contributed by atoms with E-state index in [2.05, 4.69) is 11.7 Å². The van der Waals surface area contributed by atoms with Crippen LogP contribution in [-0.4, -0.2) is 24.0 Å². The summed E-state index contributed by atoms with van der Waals surface area (Å²) < 4.78 is 0. The quantitative estimate of drug-likeness (QED) is 0.272. The van der Waals surface area contributed by atoms with Crippen LogP contribution in [0.3, 0.4) is 0 Å². The zero-order chi connectivity index (χ0) is 7.15. The fourth-order valence-corrected chi connectivity index (χ4v) is 0. The van der Waals surface area contributed by atoms with Crippen LogP contribution in [0.2, 0.25) is 0 Å². The van der Waals surface area contributed by atoms with E-state index < -0.39 is 0 Å². The van der Waals surface area contributed by atoms with Crippen molar-refractivity contribution in [1.82, 2.24) is 4.90 Å². The molecule has 0 amide bonds. The minimum absolute atomic E-state index is 0.926. The van der Waals surface area contributed by atoms with Crippen LogP contribution >= 0.6 is 12.2 Å². The lowest BCUT2D eigenvalue weighted by Crippen LogP contribution is -2.15. The number of hydrogen-bond acceptors (Lipinski definition) is 3. The van der Waals surface area contributed by atoms with Gasteiger partial charge in [0.25, 0.3) is 0 Å². The monoisotopic (exact) mass is 135 g/mol. The van der Waals surface area contributed by atoms with Gasteiger partial charge in [0.2, 0.25) is 0 Å². The highest BCUT2D eigenvalue weighted by Crippen LogP contribution is 1.75. The van der Waals surface area contributed by atoms with E-state index in [0.717, 1.165) is 4.99 Å². The highest BCUT2D eigenvalue weighted by atomic mass is 32.1. The summed E-state index contributed by atoms with van der Waals surface area (Å²) in [5, 5.41) is 0. The number of hydrogen-bond donors (Lipinski definition) is 2. The van der Waals surface area contributed by atoms with E-state index in [9.17, 15) is 0 Å². The molecule has 0 bridgehead atoms. The molecule has 0 aromatic rings. The molecular formula is C4H13N3S. The Morgan fingerprint density at radius 1 is 1.38 bits per heavy atom. The minimum atomic E-state index is 0.926. The van der Waals surface area contributed by atoms with Gasteiger partial charge in [0.15, 0.2) is 0 Å². The normalized spacial score (nSPS) is 6.62. The average Bonchev–Trinajstić information content (AvgIpc) is 1.72. The van der Waals surface area contributed by atoms with E-state index in [1.165, 1.54) is 0 Å². The predicted octanol–water partition coefficient (Wildman–Crippen LogP) is -0.286. The van der Waals surface area contributed by atoms with E-state index in [4.69, 9.17) is 12.2 Å². The van der Waals surface area contributed by atoms with Crippen molar-refractivity contribution in [2.75, 3.05) is 14.1 Å². The number of rotatable bonds is 0. The summed E-state index contributed by atoms with van der Waals surface area (Å²) in [6, 6.07) is 0. The summed E-state index contributed by atoms with van der Waals surface area (Å²) in [5.74, 6) is 8.00. The first kappa shape index (κ1) is 10.7. The zero-order valence-electron chi connectivity index (χ0n) is 5.51. The second kappa shape index (κ2) is 6.81. The van der Waals surface area contributed by atoms with Crippen LogP contribution in [0.5, 0.6) is 0 Å². The Kier molecular flexibility index (Phi) is 9.13. The van der Waals surface area contributed by atoms with Crippen molar-refractivity contribution in [2.45, 2.75) is 6.92 Å². The summed E-state index contributed by atoms with van der Waals surface area (Å²) in [6.45, 7) is 1.90. The fraction of sp³-hybridized carbons (Fsp3) is 0.750. The van der Waals surface area contributed by atoms with Crippen molar-refractivity contribution >= 4 is 17.2 Å². The number of nitrogens with two attached hydrogens (primary N) is 2. The van der Waals surface area contributed by atoms with E-state index in [0.29, 0.717) is 0 Å². The van der Waals surface area contributed by atoms with Crippen LogP contribution in [0.1, 0.15) is 6.92 Å². The molecular weight excluding hydrogens is 122 g/mol. The van der Waals surface area contributed by atoms with Crippen LogP contribution < -0.4 is 11.7 Å². The molecule has 3 nitrogen and oxygen atoms in total. The Balaban J connectivity index is 0. The minimum Gasteiger partial charge on any atom is -0.373 e. The third kappa shape index (κ3) is 9.26. The van der Waals surface area contributed by atoms with E-state index in [-0.39, 0.29) is 0 Å². The number of nitrogens with zero attached hydrogens (tertiary/aromatic N) is 1. The molecule has 0 aliphatic rings. The van der Waals surface area contributed by atoms with Crippen molar-refractivity contribution in [3.8, 4) is 0 Å². The van der Waals surface area contributed by atoms with E-state index in [1.807, 2.05) is 25.9 Å². The lowest BCUT2D eigenvalue weighted by Gasteiger charge is -2.06. The van der Waals surface area contributed by atoms with Gasteiger partial charge in [-0.3, -0.25) is 11.7 Å². The summed E-state index contributed by atoms with van der Waals surface area (Å²) in [6.07, 6.45) is 0. The summed E-state index contributed by atoms with van der Waals surface area (Å²) >= 11 is 4.75. The van der Waals surface area contributed by atoms with Gasteiger partial charge in [-0.2, -0.15) is 0 Å². The van der Waals surface area contributed by atoms with Gasteiger partial charge in [0.05, 0.1) is 4.99 Å². The maximum atomic E-state index is 4.75. The van der Waals surface area contributed by atoms with Gasteiger partial charge in [-0.15, -0.1) is 0 Å². The van der Waals surface area contributed by atoms with Gasteiger partial charge in [-0.1, -0.05) is 12.2 Å². The first-order valence-corrected chi connectivity index (χ1v) is 2.56. The highest BCUT2D eigenvalue weighted by Gasteiger charge is 1.82.